The van der Waals surface area contributed by atoms with E-state index in [0.29, 0.717) is 19.3 Å². The average Bonchev–Trinajstić information content (AvgIpc) is 3.28. The number of hydrogen-bond donors (Lipinski definition) is 2. The molecule has 8 nitrogen and oxygen atoms in total. The maximum absolute atomic E-state index is 13.9. The molecule has 0 heterocycles. The molecule has 1 amide bonds. The minimum atomic E-state index is -0.978. The number of amides is 1. The highest BCUT2D eigenvalue weighted by Gasteiger charge is 2.44. The van der Waals surface area contributed by atoms with Gasteiger partial charge in [-0.3, -0.25) is 14.4 Å². The van der Waals surface area contributed by atoms with Crippen molar-refractivity contribution in [3.05, 3.63) is 35.4 Å². The molecule has 0 saturated heterocycles. The van der Waals surface area contributed by atoms with Crippen LogP contribution in [-0.2, 0) is 35.2 Å². The van der Waals surface area contributed by atoms with Crippen LogP contribution >= 0.6 is 0 Å². The van der Waals surface area contributed by atoms with E-state index in [1.165, 1.54) is 13.2 Å². The summed E-state index contributed by atoms with van der Waals surface area (Å²) in [6.07, 6.45) is 2.99. The second-order valence-electron chi connectivity index (χ2n) is 8.94. The highest BCUT2D eigenvalue weighted by Crippen LogP contribution is 2.44. The lowest BCUT2D eigenvalue weighted by Gasteiger charge is -2.32. The second kappa shape index (κ2) is 14.1. The largest absolute Gasteiger partial charge is 0.481 e. The van der Waals surface area contributed by atoms with E-state index in [-0.39, 0.29) is 50.7 Å². The SMILES string of the molecule is CCOC(=O)C[C@@H](COCc1ccc(F)cc1F)NC(=O)C1(C[C@@H](CCOC)C(=O)O)CCCC1. The number of halogens is 2. The first-order chi connectivity index (χ1) is 16.7. The quantitative estimate of drug-likeness (QED) is 0.355. The lowest BCUT2D eigenvalue weighted by atomic mass is 9.75. The molecule has 0 aromatic heterocycles. The summed E-state index contributed by atoms with van der Waals surface area (Å²) in [5.74, 6) is -4.03. The topological polar surface area (TPSA) is 111 Å². The van der Waals surface area contributed by atoms with Crippen LogP contribution < -0.4 is 5.32 Å². The van der Waals surface area contributed by atoms with E-state index in [0.717, 1.165) is 25.0 Å². The highest BCUT2D eigenvalue weighted by molar-refractivity contribution is 5.84. The van der Waals surface area contributed by atoms with Crippen molar-refractivity contribution < 1.29 is 42.5 Å². The van der Waals surface area contributed by atoms with Gasteiger partial charge < -0.3 is 24.6 Å². The number of carboxylic acid groups (broad SMARTS) is 1. The fourth-order valence-corrected chi connectivity index (χ4v) is 4.48. The van der Waals surface area contributed by atoms with E-state index in [1.54, 1.807) is 6.92 Å². The van der Waals surface area contributed by atoms with Crippen LogP contribution in [-0.4, -0.2) is 55.9 Å². The molecular weight excluding hydrogens is 464 g/mol. The van der Waals surface area contributed by atoms with Gasteiger partial charge in [-0.15, -0.1) is 0 Å². The first-order valence-corrected chi connectivity index (χ1v) is 11.9. The zero-order chi connectivity index (χ0) is 25.8. The van der Waals surface area contributed by atoms with Crippen LogP contribution in [0.4, 0.5) is 8.78 Å². The molecule has 1 aromatic rings. The predicted molar refractivity (Wildman–Crippen MR) is 122 cm³/mol. The molecule has 2 rings (SSSR count). The third-order valence-electron chi connectivity index (χ3n) is 6.34. The molecule has 0 bridgehead atoms. The van der Waals surface area contributed by atoms with Gasteiger partial charge in [-0.05, 0) is 38.7 Å². The Morgan fingerprint density at radius 1 is 1.20 bits per heavy atom. The second-order valence-corrected chi connectivity index (χ2v) is 8.94. The monoisotopic (exact) mass is 499 g/mol. The van der Waals surface area contributed by atoms with Gasteiger partial charge in [0.05, 0.1) is 43.6 Å². The summed E-state index contributed by atoms with van der Waals surface area (Å²) in [7, 11) is 1.49. The molecule has 1 aliphatic carbocycles. The van der Waals surface area contributed by atoms with Crippen LogP contribution in [0, 0.1) is 23.0 Å². The van der Waals surface area contributed by atoms with E-state index < -0.39 is 40.9 Å². The zero-order valence-electron chi connectivity index (χ0n) is 20.3. The van der Waals surface area contributed by atoms with Crippen molar-refractivity contribution in [1.29, 1.82) is 0 Å². The minimum Gasteiger partial charge on any atom is -0.481 e. The molecule has 2 atom stereocenters. The van der Waals surface area contributed by atoms with Crippen molar-refractivity contribution in [2.24, 2.45) is 11.3 Å². The van der Waals surface area contributed by atoms with Gasteiger partial charge in [-0.2, -0.15) is 0 Å². The molecule has 0 unspecified atom stereocenters. The molecule has 10 heteroatoms. The molecular formula is C25H35F2NO7. The van der Waals surface area contributed by atoms with Gasteiger partial charge >= 0.3 is 11.9 Å². The summed E-state index contributed by atoms with van der Waals surface area (Å²) < 4.78 is 42.6. The third-order valence-corrected chi connectivity index (χ3v) is 6.34. The Morgan fingerprint density at radius 2 is 1.91 bits per heavy atom. The van der Waals surface area contributed by atoms with E-state index >= 15 is 0 Å². The van der Waals surface area contributed by atoms with E-state index in [1.807, 2.05) is 0 Å². The lowest BCUT2D eigenvalue weighted by Crippen LogP contribution is -2.48. The standard InChI is InChI=1S/C25H35F2NO7/c1-3-35-22(29)13-20(16-34-15-18-6-7-19(26)12-21(18)27)28-24(32)25(9-4-5-10-25)14-17(23(30)31)8-11-33-2/h6-7,12,17,20H,3-5,8-11,13-16H2,1-2H3,(H,28,32)(H,30,31)/t17-,20+/m1/s1. The summed E-state index contributed by atoms with van der Waals surface area (Å²) in [6.45, 7) is 1.83. The van der Waals surface area contributed by atoms with Crippen LogP contribution in [0.3, 0.4) is 0 Å². The lowest BCUT2D eigenvalue weighted by molar-refractivity contribution is -0.145. The number of benzene rings is 1. The molecule has 0 spiro atoms. The number of nitrogens with one attached hydrogen (secondary N) is 1. The molecule has 35 heavy (non-hydrogen) atoms. The van der Waals surface area contributed by atoms with Gasteiger partial charge in [0.1, 0.15) is 11.6 Å². The Labute approximate surface area is 204 Å². The van der Waals surface area contributed by atoms with Crippen molar-refractivity contribution in [2.75, 3.05) is 26.9 Å². The van der Waals surface area contributed by atoms with Crippen LogP contribution in [0.15, 0.2) is 18.2 Å². The number of carbonyl (C=O) groups is 3. The number of rotatable bonds is 15. The summed E-state index contributed by atoms with van der Waals surface area (Å²) >= 11 is 0. The van der Waals surface area contributed by atoms with E-state index in [2.05, 4.69) is 5.32 Å². The highest BCUT2D eigenvalue weighted by atomic mass is 19.1. The summed E-state index contributed by atoms with van der Waals surface area (Å²) in [5.41, 5.74) is -0.727. The number of ether oxygens (including phenoxy) is 3. The first-order valence-electron chi connectivity index (χ1n) is 11.9. The molecule has 0 radical (unpaired) electrons. The van der Waals surface area contributed by atoms with Crippen LogP contribution in [0.1, 0.15) is 57.4 Å². The Balaban J connectivity index is 2.10. The van der Waals surface area contributed by atoms with Crippen LogP contribution in [0.2, 0.25) is 0 Å². The number of methoxy groups -OCH3 is 1. The van der Waals surface area contributed by atoms with Crippen molar-refractivity contribution in [3.8, 4) is 0 Å². The molecule has 1 fully saturated rings. The smallest absolute Gasteiger partial charge is 0.307 e. The maximum atomic E-state index is 13.9. The number of aliphatic carboxylic acids is 1. The van der Waals surface area contributed by atoms with Gasteiger partial charge in [-0.1, -0.05) is 18.9 Å². The van der Waals surface area contributed by atoms with Crippen molar-refractivity contribution in [3.63, 3.8) is 0 Å². The Morgan fingerprint density at radius 3 is 2.51 bits per heavy atom. The summed E-state index contributed by atoms with van der Waals surface area (Å²) in [5, 5.41) is 12.5. The van der Waals surface area contributed by atoms with Crippen LogP contribution in [0.25, 0.3) is 0 Å². The minimum absolute atomic E-state index is 0.108. The maximum Gasteiger partial charge on any atom is 0.307 e. The van der Waals surface area contributed by atoms with E-state index in [4.69, 9.17) is 14.2 Å². The van der Waals surface area contributed by atoms with Crippen LogP contribution in [0.5, 0.6) is 0 Å². The Bertz CT molecular complexity index is 858. The van der Waals surface area contributed by atoms with Gasteiger partial charge in [0.25, 0.3) is 0 Å². The van der Waals surface area contributed by atoms with Crippen molar-refractivity contribution in [1.82, 2.24) is 5.32 Å². The Kier molecular flexibility index (Phi) is 11.5. The molecule has 1 saturated carbocycles. The molecule has 2 N–H and O–H groups in total. The fraction of sp³-hybridized carbons (Fsp3) is 0.640. The van der Waals surface area contributed by atoms with Crippen molar-refractivity contribution >= 4 is 17.8 Å². The number of esters is 1. The first kappa shape index (κ1) is 28.6. The fourth-order valence-electron chi connectivity index (χ4n) is 4.48. The normalized spacial score (nSPS) is 16.5. The summed E-state index contributed by atoms with van der Waals surface area (Å²) in [6, 6.07) is 2.38. The third kappa shape index (κ3) is 8.85. The van der Waals surface area contributed by atoms with Gasteiger partial charge in [0, 0.05) is 25.3 Å². The summed E-state index contributed by atoms with van der Waals surface area (Å²) in [4.78, 5) is 37.4. The predicted octanol–water partition coefficient (Wildman–Crippen LogP) is 3.61. The number of hydrogen-bond acceptors (Lipinski definition) is 6. The zero-order valence-corrected chi connectivity index (χ0v) is 20.3. The molecule has 1 aliphatic rings. The van der Waals surface area contributed by atoms with Crippen molar-refractivity contribution in [2.45, 2.75) is 64.5 Å². The molecule has 0 aliphatic heterocycles. The number of carboxylic acids is 1. The van der Waals surface area contributed by atoms with E-state index in [9.17, 15) is 28.3 Å². The van der Waals surface area contributed by atoms with Gasteiger partial charge in [0.2, 0.25) is 5.91 Å². The van der Waals surface area contributed by atoms with Gasteiger partial charge in [0.15, 0.2) is 0 Å². The molecule has 1 aromatic carbocycles. The Hall–Kier alpha value is -2.59. The van der Waals surface area contributed by atoms with Gasteiger partial charge in [-0.25, -0.2) is 8.78 Å². The molecule has 196 valence electrons. The number of carbonyl (C=O) groups excluding carboxylic acids is 2. The average molecular weight is 500 g/mol.